The van der Waals surface area contributed by atoms with Gasteiger partial charge < -0.3 is 4.55 Å². The van der Waals surface area contributed by atoms with Crippen LogP contribution in [0.5, 0.6) is 0 Å². The minimum absolute atomic E-state index is 0.900. The standard InChI is InChI=1S/C24H14OS5/c25-30(21-13-5-11-19-23(21)28-17-9-3-1-7-15(17)26-19)22-14-6-12-20-24(22)29-18-10-4-2-8-16(18)27-20/h1-14H. The fraction of sp³-hybridized carbons (Fsp3) is 0. The van der Waals surface area contributed by atoms with Gasteiger partial charge in [-0.3, -0.25) is 0 Å². The molecule has 30 heavy (non-hydrogen) atoms. The van der Waals surface area contributed by atoms with Crippen molar-refractivity contribution in [1.82, 2.24) is 0 Å². The molecule has 4 aromatic carbocycles. The Morgan fingerprint density at radius 2 is 0.800 bits per heavy atom. The van der Waals surface area contributed by atoms with Crippen molar-refractivity contribution in [2.75, 3.05) is 0 Å². The van der Waals surface area contributed by atoms with Gasteiger partial charge in [0.2, 0.25) is 0 Å². The lowest BCUT2D eigenvalue weighted by Gasteiger charge is -2.24. The fourth-order valence-corrected chi connectivity index (χ4v) is 10.0. The van der Waals surface area contributed by atoms with Gasteiger partial charge in [0.1, 0.15) is 0 Å². The monoisotopic (exact) mass is 478 g/mol. The van der Waals surface area contributed by atoms with Crippen LogP contribution in [0.4, 0.5) is 0 Å². The van der Waals surface area contributed by atoms with E-state index in [2.05, 4.69) is 60.7 Å². The summed E-state index contributed by atoms with van der Waals surface area (Å²) < 4.78 is 13.9. The molecule has 2 heterocycles. The molecule has 1 nitrogen and oxygen atoms in total. The predicted molar refractivity (Wildman–Crippen MR) is 127 cm³/mol. The summed E-state index contributed by atoms with van der Waals surface area (Å²) in [5.41, 5.74) is 0. The fourth-order valence-electron chi connectivity index (χ4n) is 3.46. The molecule has 0 bridgehead atoms. The van der Waals surface area contributed by atoms with E-state index in [0.29, 0.717) is 0 Å². The van der Waals surface area contributed by atoms with Crippen LogP contribution in [-0.2, 0) is 11.2 Å². The summed E-state index contributed by atoms with van der Waals surface area (Å²) in [6.07, 6.45) is 0. The van der Waals surface area contributed by atoms with E-state index in [0.717, 1.165) is 19.6 Å². The molecule has 4 aromatic rings. The molecule has 0 fully saturated rings. The Labute approximate surface area is 195 Å². The van der Waals surface area contributed by atoms with Gasteiger partial charge in [-0.15, -0.1) is 0 Å². The van der Waals surface area contributed by atoms with E-state index in [1.54, 1.807) is 47.0 Å². The SMILES string of the molecule is [O-][S+](c1cccc2c1Sc1ccccc1S2)c1cccc2c1Sc1ccccc1S2. The Bertz CT molecular complexity index is 1190. The second-order valence-corrected chi connectivity index (χ2v) is 12.4. The third kappa shape index (κ3) is 3.30. The van der Waals surface area contributed by atoms with Crippen molar-refractivity contribution in [3.8, 4) is 0 Å². The summed E-state index contributed by atoms with van der Waals surface area (Å²) in [5.74, 6) is 0. The zero-order chi connectivity index (χ0) is 20.1. The first kappa shape index (κ1) is 19.3. The molecule has 6 heteroatoms. The van der Waals surface area contributed by atoms with Crippen LogP contribution in [0, 0.1) is 0 Å². The summed E-state index contributed by atoms with van der Waals surface area (Å²) >= 11 is 5.75. The zero-order valence-electron chi connectivity index (χ0n) is 15.5. The van der Waals surface area contributed by atoms with Gasteiger partial charge >= 0.3 is 0 Å². The Morgan fingerprint density at radius 3 is 1.23 bits per heavy atom. The summed E-state index contributed by atoms with van der Waals surface area (Å²) in [5, 5.41) is 0. The average molecular weight is 479 g/mol. The van der Waals surface area contributed by atoms with Crippen molar-refractivity contribution >= 4 is 58.2 Å². The van der Waals surface area contributed by atoms with E-state index >= 15 is 0 Å². The molecule has 0 N–H and O–H groups in total. The lowest BCUT2D eigenvalue weighted by Crippen LogP contribution is -2.08. The van der Waals surface area contributed by atoms with Crippen LogP contribution in [0.15, 0.2) is 134 Å². The summed E-state index contributed by atoms with van der Waals surface area (Å²) in [6.45, 7) is 0. The summed E-state index contributed by atoms with van der Waals surface area (Å²) in [7, 11) is 0. The highest BCUT2D eigenvalue weighted by molar-refractivity contribution is 8.06. The molecular formula is C24H14OS5. The number of benzene rings is 4. The first-order valence-corrected chi connectivity index (χ1v) is 13.8. The molecule has 6 rings (SSSR count). The molecule has 0 saturated carbocycles. The van der Waals surface area contributed by atoms with E-state index in [-0.39, 0.29) is 0 Å². The van der Waals surface area contributed by atoms with Crippen LogP contribution in [-0.4, -0.2) is 4.55 Å². The Kier molecular flexibility index (Phi) is 5.10. The second-order valence-electron chi connectivity index (χ2n) is 6.74. The Hall–Kier alpha value is -1.41. The highest BCUT2D eigenvalue weighted by atomic mass is 32.2. The number of hydrogen-bond donors (Lipinski definition) is 0. The smallest absolute Gasteiger partial charge is 0.173 e. The van der Waals surface area contributed by atoms with Crippen molar-refractivity contribution in [1.29, 1.82) is 0 Å². The van der Waals surface area contributed by atoms with Crippen LogP contribution >= 0.6 is 47.0 Å². The molecule has 2 aliphatic heterocycles. The van der Waals surface area contributed by atoms with Crippen LogP contribution in [0.1, 0.15) is 0 Å². The van der Waals surface area contributed by atoms with Crippen molar-refractivity contribution < 1.29 is 4.55 Å². The zero-order valence-corrected chi connectivity index (χ0v) is 19.6. The van der Waals surface area contributed by atoms with Crippen LogP contribution < -0.4 is 0 Å². The minimum atomic E-state index is -1.25. The lowest BCUT2D eigenvalue weighted by molar-refractivity contribution is 0.589. The van der Waals surface area contributed by atoms with Gasteiger partial charge in [0, 0.05) is 40.5 Å². The molecular weight excluding hydrogens is 465 g/mol. The van der Waals surface area contributed by atoms with Gasteiger partial charge in [0.25, 0.3) is 0 Å². The van der Waals surface area contributed by atoms with Crippen molar-refractivity contribution in [2.45, 2.75) is 49.0 Å². The number of hydrogen-bond acceptors (Lipinski definition) is 5. The maximum atomic E-state index is 13.9. The van der Waals surface area contributed by atoms with Gasteiger partial charge in [0.05, 0.1) is 9.79 Å². The Morgan fingerprint density at radius 1 is 0.433 bits per heavy atom. The van der Waals surface area contributed by atoms with E-state index < -0.39 is 11.2 Å². The normalized spacial score (nSPS) is 13.9. The first-order valence-electron chi connectivity index (χ1n) is 9.35. The van der Waals surface area contributed by atoms with Crippen molar-refractivity contribution in [3.63, 3.8) is 0 Å². The van der Waals surface area contributed by atoms with Gasteiger partial charge in [-0.05, 0) is 48.5 Å². The Balaban J connectivity index is 1.42. The maximum Gasteiger partial charge on any atom is 0.173 e. The topological polar surface area (TPSA) is 23.1 Å². The highest BCUT2D eigenvalue weighted by Gasteiger charge is 2.31. The summed E-state index contributed by atoms with van der Waals surface area (Å²) in [6, 6.07) is 29.2. The molecule has 0 amide bonds. The number of fused-ring (bicyclic) bond motifs is 4. The predicted octanol–water partition coefficient (Wildman–Crippen LogP) is 8.08. The van der Waals surface area contributed by atoms with E-state index in [4.69, 9.17) is 0 Å². The molecule has 0 saturated heterocycles. The third-order valence-electron chi connectivity index (χ3n) is 4.85. The van der Waals surface area contributed by atoms with Gasteiger partial charge in [0.15, 0.2) is 9.79 Å². The quantitative estimate of drug-likeness (QED) is 0.234. The third-order valence-corrected chi connectivity index (χ3v) is 11.8. The average Bonchev–Trinajstić information content (AvgIpc) is 2.80. The molecule has 0 aliphatic carbocycles. The van der Waals surface area contributed by atoms with E-state index in [9.17, 15) is 4.55 Å². The molecule has 146 valence electrons. The second kappa shape index (κ2) is 7.93. The molecule has 0 atom stereocenters. The highest BCUT2D eigenvalue weighted by Crippen LogP contribution is 2.54. The molecule has 0 spiro atoms. The summed E-state index contributed by atoms with van der Waals surface area (Å²) in [4.78, 5) is 11.4. The van der Waals surface area contributed by atoms with Gasteiger partial charge in [-0.2, -0.15) is 0 Å². The molecule has 0 unspecified atom stereocenters. The van der Waals surface area contributed by atoms with E-state index in [1.807, 2.05) is 24.3 Å². The van der Waals surface area contributed by atoms with Crippen molar-refractivity contribution in [3.05, 3.63) is 84.9 Å². The first-order chi connectivity index (χ1) is 14.8. The van der Waals surface area contributed by atoms with E-state index in [1.165, 1.54) is 29.4 Å². The minimum Gasteiger partial charge on any atom is -0.606 e. The molecule has 2 aliphatic rings. The molecule has 0 aromatic heterocycles. The molecule has 0 radical (unpaired) electrons. The van der Waals surface area contributed by atoms with Crippen LogP contribution in [0.25, 0.3) is 0 Å². The van der Waals surface area contributed by atoms with Crippen LogP contribution in [0.3, 0.4) is 0 Å². The van der Waals surface area contributed by atoms with Crippen molar-refractivity contribution in [2.24, 2.45) is 0 Å². The maximum absolute atomic E-state index is 13.9. The number of rotatable bonds is 2. The van der Waals surface area contributed by atoms with Gasteiger partial charge in [-0.25, -0.2) is 0 Å². The van der Waals surface area contributed by atoms with Gasteiger partial charge in [-0.1, -0.05) is 83.4 Å². The lowest BCUT2D eigenvalue weighted by atomic mass is 10.3. The largest absolute Gasteiger partial charge is 0.606 e. The van der Waals surface area contributed by atoms with Crippen LogP contribution in [0.2, 0.25) is 0 Å².